The topological polar surface area (TPSA) is 32.3 Å². The van der Waals surface area contributed by atoms with E-state index in [1.54, 1.807) is 5.01 Å². The zero-order chi connectivity index (χ0) is 18.2. The lowest BCUT2D eigenvalue weighted by molar-refractivity contribution is -0.130. The summed E-state index contributed by atoms with van der Waals surface area (Å²) in [7, 11) is 0. The van der Waals surface area contributed by atoms with Crippen LogP contribution in [0.2, 0.25) is 0 Å². The van der Waals surface area contributed by atoms with Gasteiger partial charge in [0, 0.05) is 18.7 Å². The zero-order valence-electron chi connectivity index (χ0n) is 17.2. The molecule has 0 aliphatic heterocycles. The van der Waals surface area contributed by atoms with Crippen LogP contribution < -0.4 is 5.43 Å². The van der Waals surface area contributed by atoms with E-state index < -0.39 is 0 Å². The first-order chi connectivity index (χ1) is 11.5. The largest absolute Gasteiger partial charge is 0.274 e. The summed E-state index contributed by atoms with van der Waals surface area (Å²) < 4.78 is 0. The molecule has 0 radical (unpaired) electrons. The van der Waals surface area contributed by atoms with Crippen LogP contribution in [0.25, 0.3) is 0 Å². The Kier molecular flexibility index (Phi) is 19.5. The minimum absolute atomic E-state index is 0. The first kappa shape index (κ1) is 26.7. The maximum absolute atomic E-state index is 12.4. The zero-order valence-corrected chi connectivity index (χ0v) is 18.1. The second-order valence-electron chi connectivity index (χ2n) is 7.23. The number of unbranched alkanes of at least 4 members (excludes halogenated alkanes) is 9. The van der Waals surface area contributed by atoms with E-state index in [0.717, 1.165) is 25.9 Å². The van der Waals surface area contributed by atoms with Crippen molar-refractivity contribution < 1.29 is 4.79 Å². The molecule has 0 spiro atoms. The Morgan fingerprint density at radius 1 is 0.880 bits per heavy atom. The van der Waals surface area contributed by atoms with Crippen LogP contribution in [-0.4, -0.2) is 24.0 Å². The quantitative estimate of drug-likeness (QED) is 0.196. The highest BCUT2D eigenvalue weighted by atomic mass is 35.5. The van der Waals surface area contributed by atoms with Crippen LogP contribution in [0.1, 0.15) is 98.3 Å². The Morgan fingerprint density at radius 2 is 1.36 bits per heavy atom. The molecule has 0 aliphatic carbocycles. The number of carbonyl (C=O) groups excluding carboxylic acids is 1. The average Bonchev–Trinajstić information content (AvgIpc) is 2.57. The summed E-state index contributed by atoms with van der Waals surface area (Å²) in [5, 5.41) is 1.76. The van der Waals surface area contributed by atoms with E-state index in [9.17, 15) is 4.79 Å². The van der Waals surface area contributed by atoms with Gasteiger partial charge in [-0.25, -0.2) is 5.43 Å². The summed E-state index contributed by atoms with van der Waals surface area (Å²) in [6, 6.07) is 0. The molecule has 0 rings (SSSR count). The van der Waals surface area contributed by atoms with E-state index in [1.165, 1.54) is 57.8 Å². The van der Waals surface area contributed by atoms with Gasteiger partial charge < -0.3 is 0 Å². The Balaban J connectivity index is 0. The summed E-state index contributed by atoms with van der Waals surface area (Å²) in [5.74, 6) is 0.259. The van der Waals surface area contributed by atoms with Gasteiger partial charge in [-0.3, -0.25) is 9.80 Å². The number of rotatable bonds is 16. The van der Waals surface area contributed by atoms with E-state index in [2.05, 4.69) is 25.9 Å². The van der Waals surface area contributed by atoms with Crippen LogP contribution in [0.3, 0.4) is 0 Å². The minimum atomic E-state index is 0. The van der Waals surface area contributed by atoms with Crippen molar-refractivity contribution in [1.29, 1.82) is 0 Å². The third-order valence-electron chi connectivity index (χ3n) is 4.50. The van der Waals surface area contributed by atoms with Crippen LogP contribution in [0.5, 0.6) is 0 Å². The Hall–Kier alpha value is -0.540. The molecule has 0 bridgehead atoms. The number of hydrogen-bond donors (Lipinski definition) is 1. The number of halogens is 1. The Morgan fingerprint density at radius 3 is 1.80 bits per heavy atom. The van der Waals surface area contributed by atoms with Crippen molar-refractivity contribution in [2.24, 2.45) is 5.92 Å². The molecule has 1 N–H and O–H groups in total. The van der Waals surface area contributed by atoms with Crippen LogP contribution in [0.4, 0.5) is 0 Å². The van der Waals surface area contributed by atoms with Gasteiger partial charge in [-0.1, -0.05) is 92.1 Å². The lowest BCUT2D eigenvalue weighted by atomic mass is 10.0. The van der Waals surface area contributed by atoms with Gasteiger partial charge in [-0.2, -0.15) is 0 Å². The van der Waals surface area contributed by atoms with Gasteiger partial charge in [-0.05, 0) is 18.8 Å². The fourth-order valence-corrected chi connectivity index (χ4v) is 2.72. The molecule has 0 aromatic rings. The predicted octanol–water partition coefficient (Wildman–Crippen LogP) is 6.28. The lowest BCUT2D eigenvalue weighted by Gasteiger charge is -2.25. The van der Waals surface area contributed by atoms with Crippen LogP contribution in [0, 0.1) is 5.92 Å². The van der Waals surface area contributed by atoms with Crippen molar-refractivity contribution >= 4 is 18.3 Å². The van der Waals surface area contributed by atoms with Crippen molar-refractivity contribution in [3.8, 4) is 0 Å². The maximum atomic E-state index is 12.4. The van der Waals surface area contributed by atoms with Crippen molar-refractivity contribution in [1.82, 2.24) is 10.4 Å². The number of amides is 1. The Bertz CT molecular complexity index is 332. The summed E-state index contributed by atoms with van der Waals surface area (Å²) in [6.07, 6.45) is 14.3. The highest BCUT2D eigenvalue weighted by Crippen LogP contribution is 2.11. The van der Waals surface area contributed by atoms with Gasteiger partial charge in [0.25, 0.3) is 5.91 Å². The van der Waals surface area contributed by atoms with E-state index >= 15 is 0 Å². The van der Waals surface area contributed by atoms with Crippen LogP contribution >= 0.6 is 12.4 Å². The molecule has 0 atom stereocenters. The highest BCUT2D eigenvalue weighted by molar-refractivity contribution is 5.92. The van der Waals surface area contributed by atoms with Crippen molar-refractivity contribution in [2.75, 3.05) is 13.1 Å². The number of nitrogens with zero attached hydrogens (tertiary/aromatic N) is 1. The summed E-state index contributed by atoms with van der Waals surface area (Å²) in [4.78, 5) is 12.4. The van der Waals surface area contributed by atoms with Gasteiger partial charge in [-0.15, -0.1) is 12.4 Å². The molecule has 4 heteroatoms. The van der Waals surface area contributed by atoms with E-state index in [1.807, 2.05) is 13.8 Å². The fraction of sp³-hybridized carbons (Fsp3) is 0.857. The molecule has 150 valence electrons. The molecule has 3 nitrogen and oxygen atoms in total. The maximum Gasteiger partial charge on any atom is 0.263 e. The summed E-state index contributed by atoms with van der Waals surface area (Å²) in [6.45, 7) is 14.0. The molecule has 0 saturated carbocycles. The molecule has 25 heavy (non-hydrogen) atoms. The van der Waals surface area contributed by atoms with Crippen molar-refractivity contribution in [3.05, 3.63) is 12.2 Å². The third-order valence-corrected chi connectivity index (χ3v) is 4.50. The van der Waals surface area contributed by atoms with Gasteiger partial charge in [0.05, 0.1) is 0 Å². The van der Waals surface area contributed by atoms with E-state index in [0.29, 0.717) is 5.57 Å². The molecule has 0 unspecified atom stereocenters. The standard InChI is InChI=1S/C21H42N2O.ClH/c1-6-8-9-10-11-12-13-14-15-16-17-22-23(18-7-2)21(24)20(5)19(3)4;/h19,22H,5-18H2,1-4H3;1H. The minimum Gasteiger partial charge on any atom is -0.274 e. The first-order valence-electron chi connectivity index (χ1n) is 10.3. The number of hydrazine groups is 1. The first-order valence-corrected chi connectivity index (χ1v) is 10.3. The summed E-state index contributed by atoms with van der Waals surface area (Å²) in [5.41, 5.74) is 4.00. The average molecular weight is 375 g/mol. The molecular formula is C21H43ClN2O. The van der Waals surface area contributed by atoms with Crippen molar-refractivity contribution in [3.63, 3.8) is 0 Å². The van der Waals surface area contributed by atoms with Gasteiger partial charge in [0.1, 0.15) is 0 Å². The van der Waals surface area contributed by atoms with Crippen molar-refractivity contribution in [2.45, 2.75) is 98.3 Å². The van der Waals surface area contributed by atoms with E-state index in [4.69, 9.17) is 0 Å². The molecule has 0 aromatic heterocycles. The number of nitrogens with one attached hydrogen (secondary N) is 1. The second-order valence-corrected chi connectivity index (χ2v) is 7.23. The van der Waals surface area contributed by atoms with Gasteiger partial charge in [0.15, 0.2) is 0 Å². The second kappa shape index (κ2) is 18.3. The molecule has 0 heterocycles. The normalized spacial score (nSPS) is 10.6. The van der Waals surface area contributed by atoms with E-state index in [-0.39, 0.29) is 24.2 Å². The van der Waals surface area contributed by atoms with Crippen LogP contribution in [0.15, 0.2) is 12.2 Å². The predicted molar refractivity (Wildman–Crippen MR) is 113 cm³/mol. The molecule has 0 saturated heterocycles. The Labute approximate surface area is 163 Å². The third kappa shape index (κ3) is 14.3. The SMILES string of the molecule is C=C(C(=O)N(CCC)NCCCCCCCCCCCC)C(C)C.Cl. The number of hydrogen-bond acceptors (Lipinski definition) is 2. The fourth-order valence-electron chi connectivity index (χ4n) is 2.72. The summed E-state index contributed by atoms with van der Waals surface area (Å²) >= 11 is 0. The monoisotopic (exact) mass is 374 g/mol. The van der Waals surface area contributed by atoms with Gasteiger partial charge in [0.2, 0.25) is 0 Å². The smallest absolute Gasteiger partial charge is 0.263 e. The molecule has 0 aliphatic rings. The molecular weight excluding hydrogens is 332 g/mol. The number of carbonyl (C=O) groups is 1. The van der Waals surface area contributed by atoms with Gasteiger partial charge >= 0.3 is 0 Å². The lowest BCUT2D eigenvalue weighted by Crippen LogP contribution is -2.45. The molecule has 1 amide bonds. The highest BCUT2D eigenvalue weighted by Gasteiger charge is 2.17. The molecule has 0 fully saturated rings. The van der Waals surface area contributed by atoms with Crippen LogP contribution in [-0.2, 0) is 4.79 Å². The molecule has 0 aromatic carbocycles.